The van der Waals surface area contributed by atoms with Crippen molar-refractivity contribution in [3.63, 3.8) is 0 Å². The van der Waals surface area contributed by atoms with Gasteiger partial charge in [0.2, 0.25) is 0 Å². The van der Waals surface area contributed by atoms with Crippen LogP contribution in [0.4, 0.5) is 0 Å². The van der Waals surface area contributed by atoms with Gasteiger partial charge in [0.15, 0.2) is 12.2 Å². The molecule has 0 aromatic carbocycles. The number of phosphoric ester groups is 2. The smallest absolute Gasteiger partial charge is 0.462 e. The predicted molar refractivity (Wildman–Crippen MR) is 354 cm³/mol. The molecule has 0 aromatic heterocycles. The molecule has 0 amide bonds. The number of unbranched alkanes of at least 4 members (excludes halogenated alkanes) is 41. The van der Waals surface area contributed by atoms with Gasteiger partial charge in [0, 0.05) is 25.7 Å². The lowest BCUT2D eigenvalue weighted by molar-refractivity contribution is -0.161. The Morgan fingerprint density at radius 3 is 0.773 bits per heavy atom. The minimum atomic E-state index is -4.95. The van der Waals surface area contributed by atoms with Gasteiger partial charge in [0.25, 0.3) is 0 Å². The molecule has 0 aliphatic carbocycles. The van der Waals surface area contributed by atoms with E-state index in [-0.39, 0.29) is 25.7 Å². The van der Waals surface area contributed by atoms with Crippen LogP contribution in [0.2, 0.25) is 0 Å². The first-order valence-corrected chi connectivity index (χ1v) is 39.1. The van der Waals surface area contributed by atoms with Crippen LogP contribution in [0.15, 0.2) is 0 Å². The summed E-state index contributed by atoms with van der Waals surface area (Å²) in [6, 6.07) is 0. The van der Waals surface area contributed by atoms with Crippen molar-refractivity contribution in [2.75, 3.05) is 39.6 Å². The van der Waals surface area contributed by atoms with Crippen molar-refractivity contribution >= 4 is 39.5 Å². The SMILES string of the molecule is CCCCCCCCCCCCCC(=O)OC[C@H](COP(=O)(O)OC[C@H](O)COP(=O)(O)OC[C@@H](COC(=O)CCCCCCCCCCCCC)OC(=O)CCCCCCCCCCCCCCC(C)C)OC(=O)CCCCCCCCCCCCC. The molecule has 522 valence electrons. The lowest BCUT2D eigenvalue weighted by atomic mass is 10.0. The van der Waals surface area contributed by atoms with Gasteiger partial charge in [-0.1, -0.05) is 304 Å². The van der Waals surface area contributed by atoms with Crippen molar-refractivity contribution in [1.29, 1.82) is 0 Å². The molecule has 0 aliphatic heterocycles. The quantitative estimate of drug-likeness (QED) is 0.0222. The molecule has 0 bridgehead atoms. The molecule has 2 unspecified atom stereocenters. The third kappa shape index (κ3) is 62.8. The second kappa shape index (κ2) is 62.5. The fourth-order valence-corrected chi connectivity index (χ4v) is 12.0. The zero-order chi connectivity index (χ0) is 64.9. The number of ether oxygens (including phenoxy) is 4. The maximum absolute atomic E-state index is 13.0. The van der Waals surface area contributed by atoms with Crippen LogP contribution >= 0.6 is 15.6 Å². The average Bonchev–Trinajstić information content (AvgIpc) is 3.63. The zero-order valence-electron chi connectivity index (χ0n) is 56.9. The van der Waals surface area contributed by atoms with E-state index >= 15 is 0 Å². The van der Waals surface area contributed by atoms with Gasteiger partial charge in [0.1, 0.15) is 19.3 Å². The van der Waals surface area contributed by atoms with Crippen molar-refractivity contribution < 1.29 is 80.2 Å². The van der Waals surface area contributed by atoms with Crippen molar-refractivity contribution in [2.45, 2.75) is 374 Å². The first kappa shape index (κ1) is 86.1. The van der Waals surface area contributed by atoms with Crippen molar-refractivity contribution in [3.05, 3.63) is 0 Å². The molecule has 5 atom stereocenters. The molecule has 0 saturated carbocycles. The van der Waals surface area contributed by atoms with E-state index in [2.05, 4.69) is 34.6 Å². The summed E-state index contributed by atoms with van der Waals surface area (Å²) in [4.78, 5) is 72.5. The Bertz CT molecular complexity index is 1700. The van der Waals surface area contributed by atoms with Gasteiger partial charge >= 0.3 is 39.5 Å². The van der Waals surface area contributed by atoms with E-state index in [1.165, 1.54) is 180 Å². The lowest BCUT2D eigenvalue weighted by Crippen LogP contribution is -2.30. The molecule has 0 aliphatic rings. The summed E-state index contributed by atoms with van der Waals surface area (Å²) < 4.78 is 68.2. The molecular formula is C69H134O17P2. The number of hydrogen-bond donors (Lipinski definition) is 3. The Hall–Kier alpha value is -1.94. The third-order valence-corrected chi connectivity index (χ3v) is 17.9. The topological polar surface area (TPSA) is 237 Å². The normalized spacial score (nSPS) is 14.1. The number of aliphatic hydroxyl groups excluding tert-OH is 1. The van der Waals surface area contributed by atoms with E-state index < -0.39 is 97.5 Å². The monoisotopic (exact) mass is 1300 g/mol. The van der Waals surface area contributed by atoms with Crippen molar-refractivity contribution in [2.24, 2.45) is 5.92 Å². The number of esters is 4. The van der Waals surface area contributed by atoms with Gasteiger partial charge in [0.05, 0.1) is 26.4 Å². The Morgan fingerprint density at radius 2 is 0.523 bits per heavy atom. The fourth-order valence-electron chi connectivity index (χ4n) is 10.5. The zero-order valence-corrected chi connectivity index (χ0v) is 58.6. The largest absolute Gasteiger partial charge is 0.472 e. The first-order chi connectivity index (χ1) is 42.5. The first-order valence-electron chi connectivity index (χ1n) is 36.1. The van der Waals surface area contributed by atoms with E-state index in [1.54, 1.807) is 0 Å². The van der Waals surface area contributed by atoms with Crippen LogP contribution in [-0.2, 0) is 65.4 Å². The Morgan fingerprint density at radius 1 is 0.307 bits per heavy atom. The molecule has 0 fully saturated rings. The van der Waals surface area contributed by atoms with Crippen molar-refractivity contribution in [1.82, 2.24) is 0 Å². The van der Waals surface area contributed by atoms with Crippen LogP contribution < -0.4 is 0 Å². The number of carbonyl (C=O) groups is 4. The van der Waals surface area contributed by atoms with Crippen LogP contribution in [-0.4, -0.2) is 96.7 Å². The number of hydrogen-bond acceptors (Lipinski definition) is 15. The van der Waals surface area contributed by atoms with Gasteiger partial charge in [-0.15, -0.1) is 0 Å². The highest BCUT2D eigenvalue weighted by molar-refractivity contribution is 7.47. The molecule has 0 heterocycles. The fraction of sp³-hybridized carbons (Fsp3) is 0.942. The molecule has 0 saturated heterocycles. The Labute approximate surface area is 537 Å². The van der Waals surface area contributed by atoms with Gasteiger partial charge in [-0.2, -0.15) is 0 Å². The van der Waals surface area contributed by atoms with Crippen LogP contribution in [0.1, 0.15) is 356 Å². The third-order valence-electron chi connectivity index (χ3n) is 16.0. The van der Waals surface area contributed by atoms with Gasteiger partial charge in [-0.05, 0) is 31.6 Å². The van der Waals surface area contributed by atoms with Crippen LogP contribution in [0.25, 0.3) is 0 Å². The van der Waals surface area contributed by atoms with Crippen LogP contribution in [0, 0.1) is 5.92 Å². The number of rotatable bonds is 69. The summed E-state index contributed by atoms with van der Waals surface area (Å²) >= 11 is 0. The van der Waals surface area contributed by atoms with E-state index in [0.717, 1.165) is 95.8 Å². The second-order valence-electron chi connectivity index (χ2n) is 25.4. The molecule has 0 radical (unpaired) electrons. The standard InChI is InChI=1S/C69H134O17P2/c1-6-9-12-15-18-21-26-32-37-42-47-52-66(71)79-58-64(85-68(73)54-49-44-39-34-28-23-20-17-14-11-8-3)60-83-87(75,76)81-56-63(70)57-82-88(77,78)84-61-65(59-80-67(72)53-48-43-38-33-27-22-19-16-13-10-7-2)86-69(74)55-50-45-40-35-30-25-24-29-31-36-41-46-51-62(4)5/h62-65,70H,6-61H2,1-5H3,(H,75,76)(H,77,78)/t63-,64+,65+/m0/s1. The summed E-state index contributed by atoms with van der Waals surface area (Å²) in [6.07, 6.45) is 48.3. The van der Waals surface area contributed by atoms with E-state index in [9.17, 15) is 43.2 Å². The van der Waals surface area contributed by atoms with Crippen LogP contribution in [0.3, 0.4) is 0 Å². The molecule has 3 N–H and O–H groups in total. The van der Waals surface area contributed by atoms with Gasteiger partial charge < -0.3 is 33.8 Å². The summed E-state index contributed by atoms with van der Waals surface area (Å²) in [7, 11) is -9.89. The molecule has 0 spiro atoms. The minimum Gasteiger partial charge on any atom is -0.462 e. The molecule has 0 aromatic rings. The highest BCUT2D eigenvalue weighted by Crippen LogP contribution is 2.45. The predicted octanol–water partition coefficient (Wildman–Crippen LogP) is 19.7. The second-order valence-corrected chi connectivity index (χ2v) is 28.3. The molecule has 88 heavy (non-hydrogen) atoms. The maximum atomic E-state index is 13.0. The Balaban J connectivity index is 5.24. The Kier molecular flexibility index (Phi) is 61.1. The number of carbonyl (C=O) groups excluding carboxylic acids is 4. The minimum absolute atomic E-state index is 0.107. The summed E-state index contributed by atoms with van der Waals surface area (Å²) in [5, 5.41) is 10.6. The van der Waals surface area contributed by atoms with Gasteiger partial charge in [-0.3, -0.25) is 37.3 Å². The molecule has 0 rings (SSSR count). The lowest BCUT2D eigenvalue weighted by Gasteiger charge is -2.21. The summed E-state index contributed by atoms with van der Waals surface area (Å²) in [6.45, 7) is 7.24. The highest BCUT2D eigenvalue weighted by atomic mass is 31.2. The van der Waals surface area contributed by atoms with E-state index in [4.69, 9.17) is 37.0 Å². The summed E-state index contributed by atoms with van der Waals surface area (Å²) in [5.74, 6) is -1.34. The maximum Gasteiger partial charge on any atom is 0.472 e. The van der Waals surface area contributed by atoms with E-state index in [0.29, 0.717) is 25.7 Å². The number of aliphatic hydroxyl groups is 1. The summed E-state index contributed by atoms with van der Waals surface area (Å²) in [5.41, 5.74) is 0. The van der Waals surface area contributed by atoms with Crippen molar-refractivity contribution in [3.8, 4) is 0 Å². The average molecular weight is 1300 g/mol. The van der Waals surface area contributed by atoms with Crippen LogP contribution in [0.5, 0.6) is 0 Å². The molecule has 17 nitrogen and oxygen atoms in total. The molecule has 19 heteroatoms. The highest BCUT2D eigenvalue weighted by Gasteiger charge is 2.30. The number of phosphoric acid groups is 2. The molecular weight excluding hydrogens is 1160 g/mol. The van der Waals surface area contributed by atoms with E-state index in [1.807, 2.05) is 0 Å². The van der Waals surface area contributed by atoms with Gasteiger partial charge in [-0.25, -0.2) is 9.13 Å².